The number of nitrogens with one attached hydrogen (secondary N) is 1. The van der Waals surface area contributed by atoms with Crippen molar-refractivity contribution in [2.75, 3.05) is 0 Å². The maximum atomic E-state index is 12.1. The fourth-order valence-corrected chi connectivity index (χ4v) is 2.40. The SMILES string of the molecule is CC(C)(CC(=O)NC(c1ccc(Cl)cc1)C1CC1)C(=O)O. The Morgan fingerprint density at radius 2 is 1.90 bits per heavy atom. The summed E-state index contributed by atoms with van der Waals surface area (Å²) in [6.07, 6.45) is 2.13. The van der Waals surface area contributed by atoms with Gasteiger partial charge in [0.1, 0.15) is 0 Å². The van der Waals surface area contributed by atoms with Crippen molar-refractivity contribution in [2.45, 2.75) is 39.2 Å². The Balaban J connectivity index is 2.05. The van der Waals surface area contributed by atoms with E-state index in [0.29, 0.717) is 10.9 Å². The Morgan fingerprint density at radius 1 is 1.33 bits per heavy atom. The van der Waals surface area contributed by atoms with Gasteiger partial charge in [-0.15, -0.1) is 0 Å². The fraction of sp³-hybridized carbons (Fsp3) is 0.500. The first kappa shape index (κ1) is 15.8. The van der Waals surface area contributed by atoms with Gasteiger partial charge in [0.2, 0.25) is 5.91 Å². The van der Waals surface area contributed by atoms with Gasteiger partial charge >= 0.3 is 5.97 Å². The van der Waals surface area contributed by atoms with Crippen LogP contribution in [0.3, 0.4) is 0 Å². The van der Waals surface area contributed by atoms with Gasteiger partial charge in [-0.05, 0) is 50.3 Å². The Bertz CT molecular complexity index is 535. The molecule has 1 aliphatic rings. The van der Waals surface area contributed by atoms with Crippen molar-refractivity contribution in [3.8, 4) is 0 Å². The number of aliphatic carboxylic acids is 1. The summed E-state index contributed by atoms with van der Waals surface area (Å²) in [5.41, 5.74) is -0.0403. The lowest BCUT2D eigenvalue weighted by Crippen LogP contribution is -2.36. The number of rotatable bonds is 6. The quantitative estimate of drug-likeness (QED) is 0.846. The van der Waals surface area contributed by atoms with Crippen molar-refractivity contribution in [1.29, 1.82) is 0 Å². The molecular formula is C16H20ClNO3. The van der Waals surface area contributed by atoms with E-state index < -0.39 is 11.4 Å². The van der Waals surface area contributed by atoms with Crippen molar-refractivity contribution in [3.63, 3.8) is 0 Å². The molecule has 0 heterocycles. The molecule has 1 aromatic rings. The second-order valence-electron chi connectivity index (χ2n) is 6.30. The largest absolute Gasteiger partial charge is 0.481 e. The molecule has 2 N–H and O–H groups in total. The molecule has 0 saturated heterocycles. The number of amides is 1. The van der Waals surface area contributed by atoms with Gasteiger partial charge in [-0.1, -0.05) is 23.7 Å². The van der Waals surface area contributed by atoms with E-state index in [1.165, 1.54) is 0 Å². The van der Waals surface area contributed by atoms with Crippen LogP contribution in [0.2, 0.25) is 5.02 Å². The second-order valence-corrected chi connectivity index (χ2v) is 6.74. The zero-order valence-electron chi connectivity index (χ0n) is 12.2. The average Bonchev–Trinajstić information content (AvgIpc) is 3.20. The third-order valence-electron chi connectivity index (χ3n) is 3.82. The van der Waals surface area contributed by atoms with Crippen molar-refractivity contribution in [2.24, 2.45) is 11.3 Å². The van der Waals surface area contributed by atoms with Crippen LogP contribution in [0.4, 0.5) is 0 Å². The Morgan fingerprint density at radius 3 is 2.38 bits per heavy atom. The number of benzene rings is 1. The molecule has 0 aliphatic heterocycles. The summed E-state index contributed by atoms with van der Waals surface area (Å²) in [4.78, 5) is 23.2. The first-order chi connectivity index (χ1) is 9.79. The molecule has 1 unspecified atom stereocenters. The number of carboxylic acids is 1. The lowest BCUT2D eigenvalue weighted by atomic mass is 9.89. The standard InChI is InChI=1S/C16H20ClNO3/c1-16(2,15(20)21)9-13(19)18-14(10-3-4-10)11-5-7-12(17)8-6-11/h5-8,10,14H,3-4,9H2,1-2H3,(H,18,19)(H,20,21). The number of carboxylic acid groups (broad SMARTS) is 1. The first-order valence-electron chi connectivity index (χ1n) is 7.08. The Hall–Kier alpha value is -1.55. The van der Waals surface area contributed by atoms with Crippen molar-refractivity contribution >= 4 is 23.5 Å². The summed E-state index contributed by atoms with van der Waals surface area (Å²) in [5.74, 6) is -0.760. The molecule has 4 nitrogen and oxygen atoms in total. The predicted octanol–water partition coefficient (Wildman–Crippen LogP) is 3.41. The van der Waals surface area contributed by atoms with Crippen LogP contribution in [-0.2, 0) is 9.59 Å². The maximum Gasteiger partial charge on any atom is 0.309 e. The summed E-state index contributed by atoms with van der Waals surface area (Å²) in [7, 11) is 0. The summed E-state index contributed by atoms with van der Waals surface area (Å²) >= 11 is 5.89. The predicted molar refractivity (Wildman–Crippen MR) is 81.1 cm³/mol. The molecule has 0 spiro atoms. The Kier molecular flexibility index (Phi) is 4.57. The molecule has 0 aromatic heterocycles. The molecule has 21 heavy (non-hydrogen) atoms. The minimum atomic E-state index is -1.06. The third kappa shape index (κ3) is 4.21. The van der Waals surface area contributed by atoms with Gasteiger partial charge in [0.25, 0.3) is 0 Å². The number of hydrogen-bond donors (Lipinski definition) is 2. The summed E-state index contributed by atoms with van der Waals surface area (Å²) in [6, 6.07) is 7.38. The van der Waals surface area contributed by atoms with Gasteiger partial charge in [0.05, 0.1) is 11.5 Å². The molecule has 1 saturated carbocycles. The number of carbonyl (C=O) groups is 2. The molecule has 1 amide bonds. The van der Waals surface area contributed by atoms with Crippen molar-refractivity contribution in [3.05, 3.63) is 34.9 Å². The minimum absolute atomic E-state index is 0.0286. The molecule has 114 valence electrons. The molecule has 2 rings (SSSR count). The summed E-state index contributed by atoms with van der Waals surface area (Å²) in [5, 5.41) is 12.7. The summed E-state index contributed by atoms with van der Waals surface area (Å²) in [6.45, 7) is 3.12. The van der Waals surface area contributed by atoms with E-state index in [1.807, 2.05) is 12.1 Å². The average molecular weight is 310 g/mol. The van der Waals surface area contributed by atoms with Gasteiger partial charge in [-0.2, -0.15) is 0 Å². The normalized spacial score (nSPS) is 16.3. The number of carbonyl (C=O) groups excluding carboxylic acids is 1. The molecule has 5 heteroatoms. The third-order valence-corrected chi connectivity index (χ3v) is 4.07. The zero-order chi connectivity index (χ0) is 15.6. The molecule has 0 radical (unpaired) electrons. The van der Waals surface area contributed by atoms with E-state index in [-0.39, 0.29) is 18.4 Å². The second kappa shape index (κ2) is 6.06. The number of hydrogen-bond acceptors (Lipinski definition) is 2. The Labute approximate surface area is 129 Å². The van der Waals surface area contributed by atoms with Gasteiger partial charge < -0.3 is 10.4 Å². The smallest absolute Gasteiger partial charge is 0.309 e. The van der Waals surface area contributed by atoms with E-state index in [0.717, 1.165) is 18.4 Å². The molecular weight excluding hydrogens is 290 g/mol. The zero-order valence-corrected chi connectivity index (χ0v) is 13.0. The van der Waals surface area contributed by atoms with Crippen LogP contribution in [0.5, 0.6) is 0 Å². The molecule has 1 aliphatic carbocycles. The van der Waals surface area contributed by atoms with Crippen LogP contribution < -0.4 is 5.32 Å². The van der Waals surface area contributed by atoms with E-state index in [4.69, 9.17) is 16.7 Å². The molecule has 1 fully saturated rings. The van der Waals surface area contributed by atoms with E-state index in [9.17, 15) is 9.59 Å². The lowest BCUT2D eigenvalue weighted by Gasteiger charge is -2.23. The van der Waals surface area contributed by atoms with Crippen LogP contribution in [0.15, 0.2) is 24.3 Å². The van der Waals surface area contributed by atoms with E-state index in [2.05, 4.69) is 5.32 Å². The van der Waals surface area contributed by atoms with Crippen LogP contribution in [-0.4, -0.2) is 17.0 Å². The highest BCUT2D eigenvalue weighted by Gasteiger charge is 2.36. The molecule has 1 aromatic carbocycles. The highest BCUT2D eigenvalue weighted by Crippen LogP contribution is 2.41. The first-order valence-corrected chi connectivity index (χ1v) is 7.45. The van der Waals surface area contributed by atoms with Gasteiger partial charge in [0, 0.05) is 11.4 Å². The van der Waals surface area contributed by atoms with Crippen molar-refractivity contribution in [1.82, 2.24) is 5.32 Å². The van der Waals surface area contributed by atoms with Crippen LogP contribution in [0.25, 0.3) is 0 Å². The van der Waals surface area contributed by atoms with Gasteiger partial charge in [0.15, 0.2) is 0 Å². The highest BCUT2D eigenvalue weighted by molar-refractivity contribution is 6.30. The highest BCUT2D eigenvalue weighted by atomic mass is 35.5. The van der Waals surface area contributed by atoms with Gasteiger partial charge in [-0.25, -0.2) is 0 Å². The van der Waals surface area contributed by atoms with E-state index >= 15 is 0 Å². The molecule has 1 atom stereocenters. The maximum absolute atomic E-state index is 12.1. The van der Waals surface area contributed by atoms with E-state index in [1.54, 1.807) is 26.0 Å². The number of halogens is 1. The fourth-order valence-electron chi connectivity index (χ4n) is 2.27. The topological polar surface area (TPSA) is 66.4 Å². The monoisotopic (exact) mass is 309 g/mol. The van der Waals surface area contributed by atoms with Crippen LogP contribution in [0, 0.1) is 11.3 Å². The van der Waals surface area contributed by atoms with Crippen LogP contribution in [0.1, 0.15) is 44.7 Å². The van der Waals surface area contributed by atoms with Crippen molar-refractivity contribution < 1.29 is 14.7 Å². The minimum Gasteiger partial charge on any atom is -0.481 e. The lowest BCUT2D eigenvalue weighted by molar-refractivity contribution is -0.149. The van der Waals surface area contributed by atoms with Crippen LogP contribution >= 0.6 is 11.6 Å². The van der Waals surface area contributed by atoms with Gasteiger partial charge in [-0.3, -0.25) is 9.59 Å². The summed E-state index contributed by atoms with van der Waals surface area (Å²) < 4.78 is 0. The molecule has 0 bridgehead atoms.